The zero-order chi connectivity index (χ0) is 11.8. The third kappa shape index (κ3) is 2.04. The van der Waals surface area contributed by atoms with E-state index < -0.39 is 6.23 Å². The van der Waals surface area contributed by atoms with Gasteiger partial charge in [0.25, 0.3) is 0 Å². The van der Waals surface area contributed by atoms with E-state index in [1.54, 1.807) is 0 Å². The number of hydrogen-bond acceptors (Lipinski definition) is 3. The summed E-state index contributed by atoms with van der Waals surface area (Å²) >= 11 is 0. The highest BCUT2D eigenvalue weighted by atomic mass is 16.3. The summed E-state index contributed by atoms with van der Waals surface area (Å²) < 4.78 is 0. The van der Waals surface area contributed by atoms with Crippen LogP contribution in [0.1, 0.15) is 25.0 Å². The number of H-pyrrole nitrogens is 1. The minimum atomic E-state index is -0.571. The molecule has 3 rings (SSSR count). The molecule has 0 radical (unpaired) electrons. The molecule has 1 aromatic heterocycles. The van der Waals surface area contributed by atoms with Gasteiger partial charge in [-0.05, 0) is 43.0 Å². The van der Waals surface area contributed by atoms with Crippen molar-refractivity contribution in [3.05, 3.63) is 29.6 Å². The van der Waals surface area contributed by atoms with E-state index >= 15 is 0 Å². The van der Waals surface area contributed by atoms with Crippen molar-refractivity contribution >= 4 is 6.08 Å². The summed E-state index contributed by atoms with van der Waals surface area (Å²) in [6, 6.07) is 4.23. The molecule has 1 saturated carbocycles. The van der Waals surface area contributed by atoms with Crippen LogP contribution in [0.15, 0.2) is 23.9 Å². The van der Waals surface area contributed by atoms with Crippen LogP contribution in [-0.2, 0) is 0 Å². The molecule has 2 aliphatic rings. The third-order valence-corrected chi connectivity index (χ3v) is 3.88. The van der Waals surface area contributed by atoms with Crippen LogP contribution in [0.2, 0.25) is 0 Å². The minimum absolute atomic E-state index is 0.226. The van der Waals surface area contributed by atoms with E-state index in [2.05, 4.69) is 10.3 Å². The average Bonchev–Trinajstić information content (AvgIpc) is 2.90. The van der Waals surface area contributed by atoms with E-state index in [4.69, 9.17) is 0 Å². The van der Waals surface area contributed by atoms with Crippen molar-refractivity contribution in [3.63, 3.8) is 0 Å². The van der Waals surface area contributed by atoms with Gasteiger partial charge in [0.05, 0.1) is 6.10 Å². The lowest BCUT2D eigenvalue weighted by molar-refractivity contribution is 0.101. The van der Waals surface area contributed by atoms with Gasteiger partial charge in [-0.3, -0.25) is 5.32 Å². The summed E-state index contributed by atoms with van der Waals surface area (Å²) in [7, 11) is 0. The Balaban J connectivity index is 1.87. The molecular weight excluding hydrogens is 216 g/mol. The molecule has 1 aromatic rings. The number of nitrogens with one attached hydrogen (secondary N) is 2. The summed E-state index contributed by atoms with van der Waals surface area (Å²) in [5.74, 6) is 0.261. The zero-order valence-electron chi connectivity index (χ0n) is 9.63. The van der Waals surface area contributed by atoms with Gasteiger partial charge in [-0.1, -0.05) is 0 Å². The van der Waals surface area contributed by atoms with Gasteiger partial charge in [-0.2, -0.15) is 0 Å². The summed E-state index contributed by atoms with van der Waals surface area (Å²) in [4.78, 5) is 3.11. The van der Waals surface area contributed by atoms with Crippen molar-refractivity contribution in [2.75, 3.05) is 0 Å². The Morgan fingerprint density at radius 3 is 2.94 bits per heavy atom. The second-order valence-corrected chi connectivity index (χ2v) is 5.02. The molecule has 4 nitrogen and oxygen atoms in total. The molecule has 0 spiro atoms. The van der Waals surface area contributed by atoms with Crippen molar-refractivity contribution in [2.45, 2.75) is 37.6 Å². The van der Waals surface area contributed by atoms with Crippen LogP contribution in [0.4, 0.5) is 0 Å². The summed E-state index contributed by atoms with van der Waals surface area (Å²) in [6.45, 7) is 0. The first-order valence-corrected chi connectivity index (χ1v) is 6.21. The second-order valence-electron chi connectivity index (χ2n) is 5.02. The molecule has 4 unspecified atom stereocenters. The van der Waals surface area contributed by atoms with Crippen LogP contribution < -0.4 is 5.32 Å². The Bertz CT molecular complexity index is 413. The van der Waals surface area contributed by atoms with Crippen LogP contribution >= 0.6 is 0 Å². The second kappa shape index (κ2) is 4.29. The molecule has 0 aromatic carbocycles. The molecule has 17 heavy (non-hydrogen) atoms. The molecule has 4 N–H and O–H groups in total. The molecule has 4 atom stereocenters. The van der Waals surface area contributed by atoms with Crippen LogP contribution in [0.25, 0.3) is 6.08 Å². The molecule has 4 heteroatoms. The number of hydrogen-bond donors (Lipinski definition) is 4. The molecule has 1 saturated heterocycles. The normalized spacial score (nSPS) is 39.5. The predicted molar refractivity (Wildman–Crippen MR) is 65.0 cm³/mol. The van der Waals surface area contributed by atoms with Crippen molar-refractivity contribution in [1.82, 2.24) is 10.3 Å². The predicted octanol–water partition coefficient (Wildman–Crippen LogP) is 0.849. The number of aliphatic hydroxyl groups excluding tert-OH is 2. The van der Waals surface area contributed by atoms with Gasteiger partial charge in [0.15, 0.2) is 0 Å². The maximum atomic E-state index is 10.0. The summed E-state index contributed by atoms with van der Waals surface area (Å²) in [5.41, 5.74) is 2.00. The first-order chi connectivity index (χ1) is 8.24. The van der Waals surface area contributed by atoms with Crippen molar-refractivity contribution < 1.29 is 10.2 Å². The lowest BCUT2D eigenvalue weighted by atomic mass is 9.81. The van der Waals surface area contributed by atoms with Crippen molar-refractivity contribution in [2.24, 2.45) is 5.92 Å². The SMILES string of the molecule is OC1CCC2NC(O)/C(=C\c3ccc[nH]3)C2C1. The monoisotopic (exact) mass is 234 g/mol. The Labute approximate surface area is 100 Å². The van der Waals surface area contributed by atoms with E-state index in [0.29, 0.717) is 6.04 Å². The third-order valence-electron chi connectivity index (χ3n) is 3.88. The molecular formula is C13H18N2O2. The van der Waals surface area contributed by atoms with Gasteiger partial charge in [0.1, 0.15) is 6.23 Å². The van der Waals surface area contributed by atoms with Crippen LogP contribution in [0.5, 0.6) is 0 Å². The molecule has 2 heterocycles. The number of fused-ring (bicyclic) bond motifs is 1. The van der Waals surface area contributed by atoms with E-state index in [-0.39, 0.29) is 12.0 Å². The van der Waals surface area contributed by atoms with E-state index in [9.17, 15) is 10.2 Å². The van der Waals surface area contributed by atoms with Gasteiger partial charge in [0.2, 0.25) is 0 Å². The fourth-order valence-electron chi connectivity index (χ4n) is 3.02. The smallest absolute Gasteiger partial charge is 0.127 e. The fourth-order valence-corrected chi connectivity index (χ4v) is 3.02. The van der Waals surface area contributed by atoms with E-state index in [1.165, 1.54) is 0 Å². The zero-order valence-corrected chi connectivity index (χ0v) is 9.63. The first kappa shape index (κ1) is 11.0. The van der Waals surface area contributed by atoms with Crippen molar-refractivity contribution in [1.29, 1.82) is 0 Å². The molecule has 92 valence electrons. The van der Waals surface area contributed by atoms with Gasteiger partial charge >= 0.3 is 0 Å². The molecule has 2 fully saturated rings. The van der Waals surface area contributed by atoms with Gasteiger partial charge in [0, 0.05) is 23.9 Å². The highest BCUT2D eigenvalue weighted by Crippen LogP contribution is 2.37. The number of aromatic nitrogens is 1. The Kier molecular flexibility index (Phi) is 2.78. The average molecular weight is 234 g/mol. The molecule has 1 aliphatic heterocycles. The van der Waals surface area contributed by atoms with Crippen molar-refractivity contribution in [3.8, 4) is 0 Å². The Hall–Kier alpha value is -1.10. The number of rotatable bonds is 1. The Morgan fingerprint density at radius 2 is 2.18 bits per heavy atom. The minimum Gasteiger partial charge on any atom is -0.393 e. The van der Waals surface area contributed by atoms with Crippen LogP contribution in [0.3, 0.4) is 0 Å². The topological polar surface area (TPSA) is 68.3 Å². The summed E-state index contributed by atoms with van der Waals surface area (Å²) in [5, 5.41) is 23.0. The largest absolute Gasteiger partial charge is 0.393 e. The van der Waals surface area contributed by atoms with Gasteiger partial charge in [-0.15, -0.1) is 0 Å². The van der Waals surface area contributed by atoms with E-state index in [1.807, 2.05) is 24.4 Å². The molecule has 0 bridgehead atoms. The lowest BCUT2D eigenvalue weighted by Gasteiger charge is -2.28. The maximum Gasteiger partial charge on any atom is 0.127 e. The van der Waals surface area contributed by atoms with Crippen LogP contribution in [0, 0.1) is 5.92 Å². The van der Waals surface area contributed by atoms with Gasteiger partial charge in [-0.25, -0.2) is 0 Å². The van der Waals surface area contributed by atoms with Gasteiger partial charge < -0.3 is 15.2 Å². The standard InChI is InChI=1S/C13H18N2O2/c16-9-3-4-12-10(7-9)11(13(17)15-12)6-8-2-1-5-14-8/h1-2,5-6,9-10,12-17H,3-4,7H2/b11-6-. The van der Waals surface area contributed by atoms with E-state index in [0.717, 1.165) is 30.5 Å². The fraction of sp³-hybridized carbons (Fsp3) is 0.538. The molecule has 1 aliphatic carbocycles. The highest BCUT2D eigenvalue weighted by Gasteiger charge is 2.40. The number of aromatic amines is 1. The molecule has 0 amide bonds. The number of aliphatic hydroxyl groups is 2. The summed E-state index contributed by atoms with van der Waals surface area (Å²) in [6.07, 6.45) is 5.59. The van der Waals surface area contributed by atoms with Crippen LogP contribution in [-0.4, -0.2) is 33.6 Å². The Morgan fingerprint density at radius 1 is 1.29 bits per heavy atom. The first-order valence-electron chi connectivity index (χ1n) is 6.21. The maximum absolute atomic E-state index is 10.0. The quantitative estimate of drug-likeness (QED) is 0.582. The highest BCUT2D eigenvalue weighted by molar-refractivity contribution is 5.52. The lowest BCUT2D eigenvalue weighted by Crippen LogP contribution is -2.36.